The van der Waals surface area contributed by atoms with Gasteiger partial charge in [-0.25, -0.2) is 0 Å². The van der Waals surface area contributed by atoms with Gasteiger partial charge in [-0.05, 0) is 54.2 Å². The lowest BCUT2D eigenvalue weighted by atomic mass is 9.75. The molecular weight excluding hydrogens is 378 g/mol. The van der Waals surface area contributed by atoms with Crippen LogP contribution in [0.2, 0.25) is 0 Å². The van der Waals surface area contributed by atoms with E-state index < -0.39 is 0 Å². The highest BCUT2D eigenvalue weighted by Crippen LogP contribution is 2.37. The Morgan fingerprint density at radius 1 is 1.03 bits per heavy atom. The lowest BCUT2D eigenvalue weighted by Gasteiger charge is -2.37. The maximum atomic E-state index is 11.1. The summed E-state index contributed by atoms with van der Waals surface area (Å²) in [6.45, 7) is 5.30. The molecular formula is C24H31N3O3. The van der Waals surface area contributed by atoms with Crippen LogP contribution in [0.3, 0.4) is 0 Å². The predicted molar refractivity (Wildman–Crippen MR) is 119 cm³/mol. The van der Waals surface area contributed by atoms with Gasteiger partial charge in [-0.15, -0.1) is 0 Å². The van der Waals surface area contributed by atoms with Crippen LogP contribution in [0.25, 0.3) is 11.1 Å². The number of nitro benzene ring substituents is 1. The van der Waals surface area contributed by atoms with Crippen molar-refractivity contribution < 1.29 is 10.0 Å². The Balaban J connectivity index is 1.55. The van der Waals surface area contributed by atoms with Crippen LogP contribution >= 0.6 is 0 Å². The van der Waals surface area contributed by atoms with Crippen molar-refractivity contribution >= 4 is 5.69 Å². The third-order valence-electron chi connectivity index (χ3n) is 6.70. The third kappa shape index (κ3) is 5.06. The summed E-state index contributed by atoms with van der Waals surface area (Å²) in [5.74, 6) is 1.04. The molecule has 1 aliphatic heterocycles. The van der Waals surface area contributed by atoms with Crippen LogP contribution < -0.4 is 5.32 Å². The molecule has 0 spiro atoms. The van der Waals surface area contributed by atoms with Crippen molar-refractivity contribution in [1.82, 2.24) is 10.2 Å². The summed E-state index contributed by atoms with van der Waals surface area (Å²) < 4.78 is 0. The van der Waals surface area contributed by atoms with Gasteiger partial charge in [-0.3, -0.25) is 10.1 Å². The minimum atomic E-state index is -0.348. The number of hydrogen-bond donors (Lipinski definition) is 2. The van der Waals surface area contributed by atoms with Gasteiger partial charge in [0.15, 0.2) is 0 Å². The minimum absolute atomic E-state index is 0.119. The number of non-ortho nitro benzene ring substituents is 1. The molecule has 1 aliphatic carbocycles. The quantitative estimate of drug-likeness (QED) is 0.560. The highest BCUT2D eigenvalue weighted by atomic mass is 16.6. The molecule has 6 heteroatoms. The molecule has 2 aliphatic rings. The SMILES string of the molecule is O=[N+]([O-])c1cccc(-c2ccc(C(CN3CCNCC3)C3CCC(O)CC3)cc2)c1. The molecule has 0 aromatic heterocycles. The minimum Gasteiger partial charge on any atom is -0.393 e. The standard InChI is InChI=1S/C24H31N3O3/c28-23-10-8-20(9-11-23)24(17-26-14-12-25-13-15-26)19-6-4-18(5-7-19)21-2-1-3-22(16-21)27(29)30/h1-7,16,20,23-25,28H,8-15,17H2. The number of nitrogens with one attached hydrogen (secondary N) is 1. The molecule has 2 aromatic carbocycles. The maximum Gasteiger partial charge on any atom is 0.270 e. The molecule has 30 heavy (non-hydrogen) atoms. The van der Waals surface area contributed by atoms with Gasteiger partial charge in [0.05, 0.1) is 11.0 Å². The van der Waals surface area contributed by atoms with Gasteiger partial charge in [-0.1, -0.05) is 36.4 Å². The summed E-state index contributed by atoms with van der Waals surface area (Å²) in [5, 5.41) is 24.5. The molecule has 2 N–H and O–H groups in total. The summed E-state index contributed by atoms with van der Waals surface area (Å²) in [7, 11) is 0. The monoisotopic (exact) mass is 409 g/mol. The van der Waals surface area contributed by atoms with Gasteiger partial charge in [-0.2, -0.15) is 0 Å². The third-order valence-corrected chi connectivity index (χ3v) is 6.70. The van der Waals surface area contributed by atoms with E-state index >= 15 is 0 Å². The van der Waals surface area contributed by atoms with E-state index in [2.05, 4.69) is 34.5 Å². The average molecular weight is 410 g/mol. The van der Waals surface area contributed by atoms with E-state index in [1.807, 2.05) is 6.07 Å². The Labute approximate surface area is 178 Å². The van der Waals surface area contributed by atoms with Gasteiger partial charge in [0.25, 0.3) is 5.69 Å². The molecule has 1 saturated carbocycles. The molecule has 0 radical (unpaired) electrons. The summed E-state index contributed by atoms with van der Waals surface area (Å²) in [5.41, 5.74) is 3.33. The Bertz CT molecular complexity index is 841. The number of rotatable bonds is 6. The summed E-state index contributed by atoms with van der Waals surface area (Å²) >= 11 is 0. The second-order valence-corrected chi connectivity index (χ2v) is 8.66. The molecule has 160 valence electrons. The van der Waals surface area contributed by atoms with Crippen LogP contribution in [0, 0.1) is 16.0 Å². The normalized spacial score (nSPS) is 23.8. The molecule has 1 unspecified atom stereocenters. The predicted octanol–water partition coefficient (Wildman–Crippen LogP) is 3.80. The van der Waals surface area contributed by atoms with Gasteiger partial charge >= 0.3 is 0 Å². The van der Waals surface area contributed by atoms with Gasteiger partial charge in [0.2, 0.25) is 0 Å². The van der Waals surface area contributed by atoms with E-state index in [-0.39, 0.29) is 16.7 Å². The summed E-state index contributed by atoms with van der Waals surface area (Å²) in [4.78, 5) is 13.3. The van der Waals surface area contributed by atoms with E-state index in [4.69, 9.17) is 0 Å². The number of nitrogens with zero attached hydrogens (tertiary/aromatic N) is 2. The Morgan fingerprint density at radius 3 is 2.40 bits per heavy atom. The van der Waals surface area contributed by atoms with Gasteiger partial charge in [0.1, 0.15) is 0 Å². The molecule has 2 aromatic rings. The number of benzene rings is 2. The molecule has 1 atom stereocenters. The smallest absolute Gasteiger partial charge is 0.270 e. The number of piperazine rings is 1. The van der Waals surface area contributed by atoms with Gasteiger partial charge in [0, 0.05) is 44.9 Å². The van der Waals surface area contributed by atoms with Crippen molar-refractivity contribution in [3.8, 4) is 11.1 Å². The molecule has 1 heterocycles. The van der Waals surface area contributed by atoms with Crippen LogP contribution in [0.4, 0.5) is 5.69 Å². The zero-order valence-corrected chi connectivity index (χ0v) is 17.4. The first-order valence-electron chi connectivity index (χ1n) is 11.1. The fraction of sp³-hybridized carbons (Fsp3) is 0.500. The van der Waals surface area contributed by atoms with Gasteiger partial charge < -0.3 is 15.3 Å². The average Bonchev–Trinajstić information content (AvgIpc) is 2.79. The summed E-state index contributed by atoms with van der Waals surface area (Å²) in [6.07, 6.45) is 3.80. The Kier molecular flexibility index (Phi) is 6.77. The molecule has 6 nitrogen and oxygen atoms in total. The van der Waals surface area contributed by atoms with E-state index in [1.165, 1.54) is 11.6 Å². The second kappa shape index (κ2) is 9.69. The van der Waals surface area contributed by atoms with E-state index in [0.29, 0.717) is 11.8 Å². The molecule has 2 fully saturated rings. The molecule has 1 saturated heterocycles. The lowest BCUT2D eigenvalue weighted by molar-refractivity contribution is -0.384. The lowest BCUT2D eigenvalue weighted by Crippen LogP contribution is -2.46. The number of aliphatic hydroxyl groups excluding tert-OH is 1. The van der Waals surface area contributed by atoms with Crippen LogP contribution in [0.5, 0.6) is 0 Å². The van der Waals surface area contributed by atoms with Crippen LogP contribution in [0.15, 0.2) is 48.5 Å². The topological polar surface area (TPSA) is 78.6 Å². The number of aliphatic hydroxyl groups is 1. The molecule has 0 amide bonds. The highest BCUT2D eigenvalue weighted by molar-refractivity contribution is 5.66. The van der Waals surface area contributed by atoms with E-state index in [1.54, 1.807) is 12.1 Å². The first-order valence-corrected chi connectivity index (χ1v) is 11.1. The first-order chi connectivity index (χ1) is 14.6. The van der Waals surface area contributed by atoms with Crippen molar-refractivity contribution in [2.45, 2.75) is 37.7 Å². The van der Waals surface area contributed by atoms with Crippen molar-refractivity contribution in [1.29, 1.82) is 0 Å². The van der Waals surface area contributed by atoms with E-state index in [0.717, 1.165) is 69.5 Å². The summed E-state index contributed by atoms with van der Waals surface area (Å²) in [6, 6.07) is 15.4. The second-order valence-electron chi connectivity index (χ2n) is 8.66. The van der Waals surface area contributed by atoms with Crippen molar-refractivity contribution in [3.63, 3.8) is 0 Å². The van der Waals surface area contributed by atoms with Crippen LogP contribution in [-0.4, -0.2) is 53.8 Å². The van der Waals surface area contributed by atoms with Crippen LogP contribution in [0.1, 0.15) is 37.2 Å². The highest BCUT2D eigenvalue weighted by Gasteiger charge is 2.29. The Morgan fingerprint density at radius 2 is 1.73 bits per heavy atom. The van der Waals surface area contributed by atoms with Crippen LogP contribution in [-0.2, 0) is 0 Å². The zero-order chi connectivity index (χ0) is 20.9. The largest absolute Gasteiger partial charge is 0.393 e. The fourth-order valence-electron chi connectivity index (χ4n) is 4.92. The fourth-order valence-corrected chi connectivity index (χ4v) is 4.92. The Hall–Kier alpha value is -2.28. The van der Waals surface area contributed by atoms with Crippen molar-refractivity contribution in [2.24, 2.45) is 5.92 Å². The first kappa shape index (κ1) is 21.0. The number of nitro groups is 1. The zero-order valence-electron chi connectivity index (χ0n) is 17.4. The molecule has 0 bridgehead atoms. The van der Waals surface area contributed by atoms with E-state index in [9.17, 15) is 15.2 Å². The molecule has 4 rings (SSSR count). The number of hydrogen-bond acceptors (Lipinski definition) is 5. The van der Waals surface area contributed by atoms with Crippen molar-refractivity contribution in [2.75, 3.05) is 32.7 Å². The maximum absolute atomic E-state index is 11.1. The van der Waals surface area contributed by atoms with Crippen molar-refractivity contribution in [3.05, 3.63) is 64.2 Å².